The number of halogens is 1. The van der Waals surface area contributed by atoms with E-state index >= 15 is 0 Å². The second-order valence-electron chi connectivity index (χ2n) is 7.13. The van der Waals surface area contributed by atoms with Gasteiger partial charge in [0, 0.05) is 17.6 Å². The minimum absolute atomic E-state index is 0.153. The lowest BCUT2D eigenvalue weighted by Crippen LogP contribution is -2.24. The Bertz CT molecular complexity index is 1090. The Balaban J connectivity index is 1.87. The number of nitrogens with zero attached hydrogens (tertiary/aromatic N) is 2. The zero-order chi connectivity index (χ0) is 21.8. The van der Waals surface area contributed by atoms with Gasteiger partial charge in [-0.25, -0.2) is 4.99 Å². The van der Waals surface area contributed by atoms with Crippen LogP contribution in [-0.2, 0) is 11.3 Å². The molecule has 1 atom stereocenters. The Morgan fingerprint density at radius 2 is 1.87 bits per heavy atom. The maximum absolute atomic E-state index is 6.36. The Kier molecular flexibility index (Phi) is 6.85. The summed E-state index contributed by atoms with van der Waals surface area (Å²) in [7, 11) is 4.84. The van der Waals surface area contributed by atoms with Crippen molar-refractivity contribution >= 4 is 28.6 Å². The summed E-state index contributed by atoms with van der Waals surface area (Å²) in [5.74, 6) is 1.78. The Hall–Kier alpha value is -2.48. The molecule has 0 unspecified atom stereocenters. The van der Waals surface area contributed by atoms with Crippen LogP contribution in [0, 0.1) is 0 Å². The van der Waals surface area contributed by atoms with Crippen LogP contribution in [0.3, 0.4) is 0 Å². The lowest BCUT2D eigenvalue weighted by Gasteiger charge is -2.17. The van der Waals surface area contributed by atoms with E-state index in [-0.39, 0.29) is 6.10 Å². The van der Waals surface area contributed by atoms with Crippen molar-refractivity contribution in [3.05, 3.63) is 51.6 Å². The lowest BCUT2D eigenvalue weighted by atomic mass is 10.1. The van der Waals surface area contributed by atoms with E-state index in [0.29, 0.717) is 28.8 Å². The largest absolute Gasteiger partial charge is 0.493 e. The number of aromatic nitrogens is 1. The van der Waals surface area contributed by atoms with Crippen LogP contribution in [0.25, 0.3) is 11.3 Å². The predicted molar refractivity (Wildman–Crippen MR) is 123 cm³/mol. The van der Waals surface area contributed by atoms with Crippen molar-refractivity contribution in [2.45, 2.75) is 25.5 Å². The van der Waals surface area contributed by atoms with E-state index in [1.807, 2.05) is 36.4 Å². The van der Waals surface area contributed by atoms with Crippen molar-refractivity contribution in [2.24, 2.45) is 4.99 Å². The third-order valence-electron chi connectivity index (χ3n) is 5.24. The number of rotatable bonds is 7. The van der Waals surface area contributed by atoms with Crippen LogP contribution >= 0.6 is 22.9 Å². The highest BCUT2D eigenvalue weighted by atomic mass is 35.5. The summed E-state index contributed by atoms with van der Waals surface area (Å²) in [6, 6.07) is 11.5. The number of hydrogen-bond donors (Lipinski definition) is 0. The normalized spacial score (nSPS) is 16.5. The van der Waals surface area contributed by atoms with Crippen LogP contribution < -0.4 is 19.0 Å². The number of methoxy groups -OCH3 is 3. The van der Waals surface area contributed by atoms with E-state index in [9.17, 15) is 0 Å². The maximum Gasteiger partial charge on any atom is 0.203 e. The molecule has 1 fully saturated rings. The average molecular weight is 461 g/mol. The van der Waals surface area contributed by atoms with Gasteiger partial charge < -0.3 is 23.5 Å². The summed E-state index contributed by atoms with van der Waals surface area (Å²) in [5.41, 5.74) is 2.69. The van der Waals surface area contributed by atoms with E-state index in [4.69, 9.17) is 35.5 Å². The molecule has 0 amide bonds. The summed E-state index contributed by atoms with van der Waals surface area (Å²) in [6.45, 7) is 1.50. The molecule has 1 saturated heterocycles. The first-order valence-corrected chi connectivity index (χ1v) is 11.3. The van der Waals surface area contributed by atoms with Crippen LogP contribution in [0.2, 0.25) is 5.02 Å². The minimum Gasteiger partial charge on any atom is -0.493 e. The molecule has 164 valence electrons. The zero-order valence-corrected chi connectivity index (χ0v) is 19.3. The number of para-hydroxylation sites is 1. The van der Waals surface area contributed by atoms with Crippen molar-refractivity contribution < 1.29 is 18.9 Å². The maximum atomic E-state index is 6.36. The quantitative estimate of drug-likeness (QED) is 0.479. The van der Waals surface area contributed by atoms with Gasteiger partial charge >= 0.3 is 0 Å². The molecule has 6 nitrogen and oxygen atoms in total. The van der Waals surface area contributed by atoms with E-state index < -0.39 is 0 Å². The van der Waals surface area contributed by atoms with E-state index in [1.54, 1.807) is 32.7 Å². The van der Waals surface area contributed by atoms with Crippen molar-refractivity contribution in [1.29, 1.82) is 0 Å². The van der Waals surface area contributed by atoms with E-state index in [1.165, 1.54) is 0 Å². The van der Waals surface area contributed by atoms with Crippen molar-refractivity contribution in [3.63, 3.8) is 0 Å². The van der Waals surface area contributed by atoms with E-state index in [0.717, 1.165) is 41.2 Å². The van der Waals surface area contributed by atoms with Crippen LogP contribution in [0.15, 0.2) is 46.8 Å². The molecule has 1 aromatic heterocycles. The average Bonchev–Trinajstić information content (AvgIpc) is 3.45. The SMILES string of the molecule is COc1cc(-c2csc(=Nc3ccccc3Cl)n2C[C@@H]2CCCO2)cc(OC)c1OC. The van der Waals surface area contributed by atoms with Crippen LogP contribution in [-0.4, -0.2) is 38.6 Å². The highest BCUT2D eigenvalue weighted by Gasteiger charge is 2.21. The molecule has 0 aliphatic carbocycles. The molecule has 2 aromatic carbocycles. The van der Waals surface area contributed by atoms with Gasteiger partial charge in [-0.3, -0.25) is 0 Å². The predicted octanol–water partition coefficient (Wildman–Crippen LogP) is 5.31. The second kappa shape index (κ2) is 9.77. The molecule has 0 saturated carbocycles. The van der Waals surface area contributed by atoms with Gasteiger partial charge in [-0.15, -0.1) is 11.3 Å². The fourth-order valence-electron chi connectivity index (χ4n) is 3.69. The molecule has 1 aliphatic heterocycles. The Morgan fingerprint density at radius 3 is 2.48 bits per heavy atom. The van der Waals surface area contributed by atoms with E-state index in [2.05, 4.69) is 9.95 Å². The molecular formula is C23H25ClN2O4S. The third-order valence-corrected chi connectivity index (χ3v) is 6.42. The fourth-order valence-corrected chi connectivity index (χ4v) is 4.80. The highest BCUT2D eigenvalue weighted by molar-refractivity contribution is 7.07. The highest BCUT2D eigenvalue weighted by Crippen LogP contribution is 2.41. The molecule has 0 radical (unpaired) electrons. The Labute approximate surface area is 190 Å². The van der Waals surface area contributed by atoms with Crippen molar-refractivity contribution in [3.8, 4) is 28.5 Å². The number of hydrogen-bond acceptors (Lipinski definition) is 6. The third kappa shape index (κ3) is 4.59. The van der Waals surface area contributed by atoms with Crippen molar-refractivity contribution in [2.75, 3.05) is 27.9 Å². The van der Waals surface area contributed by atoms with Gasteiger partial charge in [-0.05, 0) is 37.1 Å². The first-order valence-electron chi connectivity index (χ1n) is 10.0. The number of benzene rings is 2. The van der Waals surface area contributed by atoms with Gasteiger partial charge in [0.1, 0.15) is 0 Å². The fraction of sp³-hybridized carbons (Fsp3) is 0.348. The topological polar surface area (TPSA) is 54.2 Å². The summed E-state index contributed by atoms with van der Waals surface area (Å²) in [6.07, 6.45) is 2.26. The molecule has 0 N–H and O–H groups in total. The molecular weight excluding hydrogens is 436 g/mol. The lowest BCUT2D eigenvalue weighted by molar-refractivity contribution is 0.0968. The van der Waals surface area contributed by atoms with Gasteiger partial charge in [0.15, 0.2) is 16.3 Å². The molecule has 2 heterocycles. The number of thiazole rings is 1. The smallest absolute Gasteiger partial charge is 0.203 e. The number of ether oxygens (including phenoxy) is 4. The molecule has 31 heavy (non-hydrogen) atoms. The molecule has 0 spiro atoms. The molecule has 4 rings (SSSR count). The Morgan fingerprint density at radius 1 is 1.13 bits per heavy atom. The summed E-state index contributed by atoms with van der Waals surface area (Å²) < 4.78 is 24.7. The van der Waals surface area contributed by atoms with Gasteiger partial charge in [-0.2, -0.15) is 0 Å². The zero-order valence-electron chi connectivity index (χ0n) is 17.8. The van der Waals surface area contributed by atoms with Crippen LogP contribution in [0.4, 0.5) is 5.69 Å². The van der Waals surface area contributed by atoms with Gasteiger partial charge in [0.25, 0.3) is 0 Å². The summed E-state index contributed by atoms with van der Waals surface area (Å²) in [4.78, 5) is 5.71. The standard InChI is InChI=1S/C23H25ClN2O4S/c1-27-20-11-15(12-21(28-2)22(20)29-3)19-14-31-23(25-18-9-5-4-8-17(18)24)26(19)13-16-7-6-10-30-16/h4-5,8-9,11-12,14,16H,6-7,10,13H2,1-3H3/t16-/m0/s1. The van der Waals surface area contributed by atoms with Gasteiger partial charge in [0.05, 0.1) is 50.4 Å². The van der Waals surface area contributed by atoms with Crippen molar-refractivity contribution in [1.82, 2.24) is 4.57 Å². The first-order chi connectivity index (χ1) is 15.1. The van der Waals surface area contributed by atoms with Crippen LogP contribution in [0.5, 0.6) is 17.2 Å². The molecule has 1 aliphatic rings. The van der Waals surface area contributed by atoms with Crippen LogP contribution in [0.1, 0.15) is 12.8 Å². The van der Waals surface area contributed by atoms with Gasteiger partial charge in [0.2, 0.25) is 5.75 Å². The minimum atomic E-state index is 0.153. The second-order valence-corrected chi connectivity index (χ2v) is 8.37. The van der Waals surface area contributed by atoms with Gasteiger partial charge in [-0.1, -0.05) is 23.7 Å². The monoisotopic (exact) mass is 460 g/mol. The molecule has 3 aromatic rings. The molecule has 0 bridgehead atoms. The summed E-state index contributed by atoms with van der Waals surface area (Å²) in [5, 5.41) is 2.71. The molecule has 8 heteroatoms. The first kappa shape index (κ1) is 21.7. The summed E-state index contributed by atoms with van der Waals surface area (Å²) >= 11 is 7.93.